The first-order valence-electron chi connectivity index (χ1n) is 6.18. The van der Waals surface area contributed by atoms with E-state index in [0.717, 1.165) is 5.56 Å². The fourth-order valence-corrected chi connectivity index (χ4v) is 3.02. The van der Waals surface area contributed by atoms with Crippen LogP contribution in [-0.4, -0.2) is 29.2 Å². The molecule has 0 saturated carbocycles. The van der Waals surface area contributed by atoms with E-state index >= 15 is 0 Å². The Labute approximate surface area is 117 Å². The molecule has 1 aliphatic carbocycles. The second-order valence-electron chi connectivity index (χ2n) is 4.49. The number of carbonyl (C=O) groups is 1. The molecular formula is C15H17NO2S. The van der Waals surface area contributed by atoms with Gasteiger partial charge in [-0.25, -0.2) is 0 Å². The quantitative estimate of drug-likeness (QED) is 0.665. The zero-order chi connectivity index (χ0) is 13.8. The van der Waals surface area contributed by atoms with Crippen LogP contribution in [0.4, 0.5) is 0 Å². The molecule has 0 bridgehead atoms. The topological polar surface area (TPSA) is 49.7 Å². The Balaban J connectivity index is 2.31. The van der Waals surface area contributed by atoms with Crippen LogP contribution in [0.5, 0.6) is 0 Å². The fraction of sp³-hybridized carbons (Fsp3) is 0.333. The third-order valence-corrected chi connectivity index (χ3v) is 4.09. The highest BCUT2D eigenvalue weighted by Gasteiger charge is 2.30. The molecule has 0 radical (unpaired) electrons. The normalized spacial score (nSPS) is 20.8. The van der Waals surface area contributed by atoms with Crippen molar-refractivity contribution in [2.45, 2.75) is 18.8 Å². The number of thioether (sulfide) groups is 1. The lowest BCUT2D eigenvalue weighted by atomic mass is 9.83. The lowest BCUT2D eigenvalue weighted by Gasteiger charge is -2.24. The summed E-state index contributed by atoms with van der Waals surface area (Å²) in [4.78, 5) is 16.3. The summed E-state index contributed by atoms with van der Waals surface area (Å²) in [6, 6.07) is 9.86. The Bertz CT molecular complexity index is 534. The number of ketones is 1. The van der Waals surface area contributed by atoms with E-state index in [9.17, 15) is 9.90 Å². The van der Waals surface area contributed by atoms with Gasteiger partial charge in [0.1, 0.15) is 10.8 Å². The molecule has 19 heavy (non-hydrogen) atoms. The number of aliphatic hydroxyl groups excluding tert-OH is 1. The van der Waals surface area contributed by atoms with Crippen LogP contribution in [0.25, 0.3) is 0 Å². The van der Waals surface area contributed by atoms with E-state index < -0.39 is 0 Å². The number of aliphatic imine (C=N–C) groups is 1. The van der Waals surface area contributed by atoms with Gasteiger partial charge in [0.2, 0.25) is 0 Å². The van der Waals surface area contributed by atoms with E-state index in [4.69, 9.17) is 0 Å². The number of hydrogen-bond donors (Lipinski definition) is 1. The number of hydrogen-bond acceptors (Lipinski definition) is 4. The van der Waals surface area contributed by atoms with Gasteiger partial charge in [-0.3, -0.25) is 9.79 Å². The van der Waals surface area contributed by atoms with E-state index in [0.29, 0.717) is 23.5 Å². The molecule has 1 aromatic rings. The minimum atomic E-state index is -0.0208. The summed E-state index contributed by atoms with van der Waals surface area (Å²) in [5.41, 5.74) is 1.50. The lowest BCUT2D eigenvalue weighted by Crippen LogP contribution is -2.22. The predicted octanol–water partition coefficient (Wildman–Crippen LogP) is 3.34. The highest BCUT2D eigenvalue weighted by Crippen LogP contribution is 2.34. The van der Waals surface area contributed by atoms with Crippen LogP contribution in [-0.2, 0) is 4.79 Å². The fourth-order valence-electron chi connectivity index (χ4n) is 2.40. The van der Waals surface area contributed by atoms with E-state index in [1.807, 2.05) is 36.6 Å². The Morgan fingerprint density at radius 1 is 1.32 bits per heavy atom. The highest BCUT2D eigenvalue weighted by atomic mass is 32.2. The van der Waals surface area contributed by atoms with Crippen molar-refractivity contribution in [1.82, 2.24) is 0 Å². The third kappa shape index (κ3) is 2.89. The summed E-state index contributed by atoms with van der Waals surface area (Å²) in [5, 5.41) is 10.8. The van der Waals surface area contributed by atoms with Crippen LogP contribution in [0.2, 0.25) is 0 Å². The van der Waals surface area contributed by atoms with Crippen molar-refractivity contribution in [3.8, 4) is 0 Å². The van der Waals surface area contributed by atoms with Crippen molar-refractivity contribution in [3.63, 3.8) is 0 Å². The molecule has 100 valence electrons. The van der Waals surface area contributed by atoms with Crippen molar-refractivity contribution in [2.75, 3.05) is 13.3 Å². The highest BCUT2D eigenvalue weighted by molar-refractivity contribution is 8.14. The zero-order valence-corrected chi connectivity index (χ0v) is 11.9. The van der Waals surface area contributed by atoms with Gasteiger partial charge >= 0.3 is 0 Å². The minimum Gasteiger partial charge on any atom is -0.511 e. The SMILES string of the molecule is CN=C(SC)C1=C(O)CC(c2ccccc2)CC1=O. The average Bonchev–Trinajstić information content (AvgIpc) is 2.43. The zero-order valence-electron chi connectivity index (χ0n) is 11.1. The Morgan fingerprint density at radius 3 is 2.53 bits per heavy atom. The summed E-state index contributed by atoms with van der Waals surface area (Å²) in [7, 11) is 1.64. The third-order valence-electron chi connectivity index (χ3n) is 3.32. The largest absolute Gasteiger partial charge is 0.511 e. The molecule has 0 aliphatic heterocycles. The van der Waals surface area contributed by atoms with Crippen molar-refractivity contribution in [2.24, 2.45) is 4.99 Å². The molecule has 4 heteroatoms. The van der Waals surface area contributed by atoms with Gasteiger partial charge in [0.25, 0.3) is 0 Å². The standard InChI is InChI=1S/C15H17NO2S/c1-16-15(19-2)14-12(17)8-11(9-13(14)18)10-6-4-3-5-7-10/h3-7,11,17H,8-9H2,1-2H3. The maximum Gasteiger partial charge on any atom is 0.169 e. The van der Waals surface area contributed by atoms with Gasteiger partial charge in [-0.15, -0.1) is 11.8 Å². The Morgan fingerprint density at radius 2 is 2.00 bits per heavy atom. The summed E-state index contributed by atoms with van der Waals surface area (Å²) < 4.78 is 0. The van der Waals surface area contributed by atoms with Gasteiger partial charge in [-0.1, -0.05) is 30.3 Å². The first-order valence-corrected chi connectivity index (χ1v) is 7.41. The first-order chi connectivity index (χ1) is 9.17. The van der Waals surface area contributed by atoms with Gasteiger partial charge in [-0.05, 0) is 17.7 Å². The van der Waals surface area contributed by atoms with Crippen molar-refractivity contribution >= 4 is 22.6 Å². The molecule has 0 amide bonds. The molecule has 3 nitrogen and oxygen atoms in total. The van der Waals surface area contributed by atoms with Crippen LogP contribution in [0.3, 0.4) is 0 Å². The van der Waals surface area contributed by atoms with Crippen LogP contribution in [0, 0.1) is 0 Å². The van der Waals surface area contributed by atoms with E-state index in [1.165, 1.54) is 11.8 Å². The summed E-state index contributed by atoms with van der Waals surface area (Å²) >= 11 is 1.39. The molecule has 0 saturated heterocycles. The molecule has 0 aromatic heterocycles. The number of benzene rings is 1. The van der Waals surface area contributed by atoms with Gasteiger partial charge in [0.05, 0.1) is 5.57 Å². The second-order valence-corrected chi connectivity index (χ2v) is 5.29. The predicted molar refractivity (Wildman–Crippen MR) is 80.0 cm³/mol. The lowest BCUT2D eigenvalue weighted by molar-refractivity contribution is -0.116. The van der Waals surface area contributed by atoms with Crippen molar-refractivity contribution in [1.29, 1.82) is 0 Å². The Kier molecular flexibility index (Phi) is 4.43. The molecule has 0 spiro atoms. The number of allylic oxidation sites excluding steroid dienone is 1. The maximum atomic E-state index is 12.2. The number of carbonyl (C=O) groups excluding carboxylic acids is 1. The summed E-state index contributed by atoms with van der Waals surface area (Å²) in [6.45, 7) is 0. The number of rotatable bonds is 2. The van der Waals surface area contributed by atoms with Gasteiger partial charge in [-0.2, -0.15) is 0 Å². The van der Waals surface area contributed by atoms with E-state index in [1.54, 1.807) is 7.05 Å². The smallest absolute Gasteiger partial charge is 0.169 e. The maximum absolute atomic E-state index is 12.2. The molecule has 1 N–H and O–H groups in total. The van der Waals surface area contributed by atoms with Crippen LogP contribution in [0.15, 0.2) is 46.7 Å². The van der Waals surface area contributed by atoms with E-state index in [-0.39, 0.29) is 17.5 Å². The van der Waals surface area contributed by atoms with Crippen LogP contribution >= 0.6 is 11.8 Å². The van der Waals surface area contributed by atoms with Crippen molar-refractivity contribution < 1.29 is 9.90 Å². The van der Waals surface area contributed by atoms with E-state index in [2.05, 4.69) is 4.99 Å². The molecule has 1 atom stereocenters. The molecule has 2 rings (SSSR count). The van der Waals surface area contributed by atoms with Gasteiger partial charge < -0.3 is 5.11 Å². The average molecular weight is 275 g/mol. The molecule has 0 heterocycles. The van der Waals surface area contributed by atoms with Crippen LogP contribution < -0.4 is 0 Å². The van der Waals surface area contributed by atoms with Gasteiger partial charge in [0, 0.05) is 19.9 Å². The first kappa shape index (κ1) is 13.9. The summed E-state index contributed by atoms with van der Waals surface area (Å²) in [5.74, 6) is 0.213. The molecule has 1 aromatic carbocycles. The summed E-state index contributed by atoms with van der Waals surface area (Å²) in [6.07, 6.45) is 2.80. The number of aliphatic hydroxyl groups is 1. The van der Waals surface area contributed by atoms with Gasteiger partial charge in [0.15, 0.2) is 5.78 Å². The van der Waals surface area contributed by atoms with Crippen LogP contribution in [0.1, 0.15) is 24.3 Å². The molecular weight excluding hydrogens is 258 g/mol. The monoisotopic (exact) mass is 275 g/mol. The Hall–Kier alpha value is -1.55. The minimum absolute atomic E-state index is 0.0208. The second kappa shape index (κ2) is 6.06. The number of nitrogens with zero attached hydrogens (tertiary/aromatic N) is 1. The van der Waals surface area contributed by atoms with Crippen molar-refractivity contribution in [3.05, 3.63) is 47.2 Å². The molecule has 1 aliphatic rings. The number of Topliss-reactive ketones (excluding diaryl/α,β-unsaturated/α-hetero) is 1. The molecule has 0 fully saturated rings. The molecule has 1 unspecified atom stereocenters.